The molecule has 4 nitrogen and oxygen atoms in total. The number of rotatable bonds is 5. The minimum atomic E-state index is -4.74. The van der Waals surface area contributed by atoms with E-state index in [2.05, 4.69) is 4.74 Å². The Labute approximate surface area is 118 Å². The molecular weight excluding hydrogens is 287 g/mol. The Hall–Kier alpha value is -1.99. The van der Waals surface area contributed by atoms with Crippen molar-refractivity contribution in [2.24, 2.45) is 5.73 Å². The zero-order valence-corrected chi connectivity index (χ0v) is 10.9. The van der Waals surface area contributed by atoms with Crippen LogP contribution in [-0.2, 0) is 6.42 Å². The fourth-order valence-corrected chi connectivity index (χ4v) is 1.81. The molecule has 0 amide bonds. The molecule has 1 heterocycles. The first kappa shape index (κ1) is 15.4. The summed E-state index contributed by atoms with van der Waals surface area (Å²) in [5.74, 6) is 0.640. The van der Waals surface area contributed by atoms with Crippen molar-refractivity contribution in [3.05, 3.63) is 42.2 Å². The number of alkyl halides is 3. The third-order valence-corrected chi connectivity index (χ3v) is 2.71. The molecule has 0 bridgehead atoms. The summed E-state index contributed by atoms with van der Waals surface area (Å²) >= 11 is 0. The van der Waals surface area contributed by atoms with Gasteiger partial charge in [-0.2, -0.15) is 0 Å². The summed E-state index contributed by atoms with van der Waals surface area (Å²) in [6.45, 7) is -0.176. The van der Waals surface area contributed by atoms with E-state index in [4.69, 9.17) is 15.3 Å². The van der Waals surface area contributed by atoms with E-state index >= 15 is 0 Å². The maximum atomic E-state index is 12.2. The Morgan fingerprint density at radius 1 is 1.24 bits per heavy atom. The molecule has 0 saturated carbocycles. The molecule has 0 fully saturated rings. The number of hydrogen-bond donors (Lipinski definition) is 2. The van der Waals surface area contributed by atoms with E-state index in [0.717, 1.165) is 0 Å². The monoisotopic (exact) mass is 301 g/mol. The third-order valence-electron chi connectivity index (χ3n) is 2.71. The van der Waals surface area contributed by atoms with Crippen molar-refractivity contribution in [1.29, 1.82) is 0 Å². The SMILES string of the molecule is NC(CO)Cc1ccc(-c2cccc(OC(F)(F)F)c2)o1. The van der Waals surface area contributed by atoms with Gasteiger partial charge in [0.1, 0.15) is 17.3 Å². The van der Waals surface area contributed by atoms with Gasteiger partial charge >= 0.3 is 6.36 Å². The molecule has 0 aliphatic carbocycles. The molecule has 2 aromatic rings. The normalized spacial score (nSPS) is 13.2. The van der Waals surface area contributed by atoms with Gasteiger partial charge < -0.3 is 20.0 Å². The Morgan fingerprint density at radius 2 is 2.00 bits per heavy atom. The van der Waals surface area contributed by atoms with Crippen molar-refractivity contribution in [1.82, 2.24) is 0 Å². The molecule has 0 spiro atoms. The van der Waals surface area contributed by atoms with Gasteiger partial charge in [0.15, 0.2) is 0 Å². The van der Waals surface area contributed by atoms with Crippen LogP contribution in [0.15, 0.2) is 40.8 Å². The van der Waals surface area contributed by atoms with Crippen LogP contribution in [0.3, 0.4) is 0 Å². The number of furan rings is 1. The molecule has 0 aliphatic rings. The van der Waals surface area contributed by atoms with Gasteiger partial charge in [-0.05, 0) is 24.3 Å². The van der Waals surface area contributed by atoms with Gasteiger partial charge in [-0.1, -0.05) is 12.1 Å². The second-order valence-electron chi connectivity index (χ2n) is 4.49. The lowest BCUT2D eigenvalue weighted by atomic mass is 10.1. The van der Waals surface area contributed by atoms with E-state index < -0.39 is 12.4 Å². The molecule has 1 aromatic heterocycles. The first-order valence-electron chi connectivity index (χ1n) is 6.19. The largest absolute Gasteiger partial charge is 0.573 e. The van der Waals surface area contributed by atoms with Crippen LogP contribution >= 0.6 is 0 Å². The van der Waals surface area contributed by atoms with E-state index in [0.29, 0.717) is 23.5 Å². The van der Waals surface area contributed by atoms with Crippen LogP contribution in [0.5, 0.6) is 5.75 Å². The van der Waals surface area contributed by atoms with E-state index in [1.807, 2.05) is 0 Å². The highest BCUT2D eigenvalue weighted by molar-refractivity contribution is 5.59. The predicted octanol–water partition coefficient (Wildman–Crippen LogP) is 2.71. The van der Waals surface area contributed by atoms with Crippen molar-refractivity contribution < 1.29 is 27.4 Å². The van der Waals surface area contributed by atoms with Crippen LogP contribution in [0.1, 0.15) is 5.76 Å². The fraction of sp³-hybridized carbons (Fsp3) is 0.286. The average Bonchev–Trinajstić information content (AvgIpc) is 2.85. The first-order valence-corrected chi connectivity index (χ1v) is 6.19. The molecule has 2 rings (SSSR count). The van der Waals surface area contributed by atoms with Crippen molar-refractivity contribution in [3.63, 3.8) is 0 Å². The van der Waals surface area contributed by atoms with Crippen molar-refractivity contribution in [2.75, 3.05) is 6.61 Å². The highest BCUT2D eigenvalue weighted by atomic mass is 19.4. The second-order valence-corrected chi connectivity index (χ2v) is 4.49. The van der Waals surface area contributed by atoms with Gasteiger partial charge in [-0.25, -0.2) is 0 Å². The summed E-state index contributed by atoms with van der Waals surface area (Å²) in [5, 5.41) is 8.87. The van der Waals surface area contributed by atoms with Gasteiger partial charge in [0.2, 0.25) is 0 Å². The van der Waals surface area contributed by atoms with Crippen LogP contribution in [0, 0.1) is 0 Å². The van der Waals surface area contributed by atoms with Gasteiger partial charge in [0.25, 0.3) is 0 Å². The van der Waals surface area contributed by atoms with Crippen LogP contribution in [0.25, 0.3) is 11.3 Å². The van der Waals surface area contributed by atoms with Crippen LogP contribution < -0.4 is 10.5 Å². The maximum Gasteiger partial charge on any atom is 0.573 e. The zero-order chi connectivity index (χ0) is 15.5. The number of aliphatic hydroxyl groups excluding tert-OH is 1. The Balaban J connectivity index is 2.17. The zero-order valence-electron chi connectivity index (χ0n) is 10.9. The number of halogens is 3. The van der Waals surface area contributed by atoms with Crippen molar-refractivity contribution >= 4 is 0 Å². The molecule has 0 radical (unpaired) electrons. The van der Waals surface area contributed by atoms with Gasteiger partial charge in [-0.15, -0.1) is 13.2 Å². The van der Waals surface area contributed by atoms with E-state index in [1.165, 1.54) is 18.2 Å². The molecule has 0 saturated heterocycles. The van der Waals surface area contributed by atoms with E-state index in [9.17, 15) is 13.2 Å². The molecule has 3 N–H and O–H groups in total. The summed E-state index contributed by atoms with van der Waals surface area (Å²) in [4.78, 5) is 0. The molecular formula is C14H14F3NO3. The highest BCUT2D eigenvalue weighted by Crippen LogP contribution is 2.29. The number of benzene rings is 1. The second kappa shape index (κ2) is 6.19. The fourth-order valence-electron chi connectivity index (χ4n) is 1.81. The maximum absolute atomic E-state index is 12.2. The number of aliphatic hydroxyl groups is 1. The topological polar surface area (TPSA) is 68.6 Å². The minimum Gasteiger partial charge on any atom is -0.461 e. The Kier molecular flexibility index (Phi) is 4.54. The van der Waals surface area contributed by atoms with Gasteiger partial charge in [-0.3, -0.25) is 0 Å². The molecule has 0 aliphatic heterocycles. The molecule has 114 valence electrons. The Morgan fingerprint density at radius 3 is 2.67 bits per heavy atom. The third kappa shape index (κ3) is 4.51. The molecule has 21 heavy (non-hydrogen) atoms. The summed E-state index contributed by atoms with van der Waals surface area (Å²) in [6.07, 6.45) is -4.39. The first-order chi connectivity index (χ1) is 9.87. The Bertz CT molecular complexity index is 595. The summed E-state index contributed by atoms with van der Waals surface area (Å²) in [5.41, 5.74) is 6.05. The van der Waals surface area contributed by atoms with Crippen LogP contribution in [0.4, 0.5) is 13.2 Å². The van der Waals surface area contributed by atoms with Crippen LogP contribution in [-0.4, -0.2) is 24.1 Å². The smallest absolute Gasteiger partial charge is 0.461 e. The van der Waals surface area contributed by atoms with Gasteiger partial charge in [0, 0.05) is 18.0 Å². The summed E-state index contributed by atoms with van der Waals surface area (Å²) in [7, 11) is 0. The highest BCUT2D eigenvalue weighted by Gasteiger charge is 2.31. The van der Waals surface area contributed by atoms with Crippen molar-refractivity contribution in [3.8, 4) is 17.1 Å². The predicted molar refractivity (Wildman–Crippen MR) is 69.6 cm³/mol. The lowest BCUT2D eigenvalue weighted by molar-refractivity contribution is -0.274. The number of hydrogen-bond acceptors (Lipinski definition) is 4. The minimum absolute atomic E-state index is 0.176. The molecule has 7 heteroatoms. The van der Waals surface area contributed by atoms with E-state index in [-0.39, 0.29) is 12.4 Å². The molecule has 1 aromatic carbocycles. The molecule has 1 unspecified atom stereocenters. The lowest BCUT2D eigenvalue weighted by Crippen LogP contribution is -2.26. The van der Waals surface area contributed by atoms with Gasteiger partial charge in [0.05, 0.1) is 6.61 Å². The standard InChI is InChI=1S/C14H14F3NO3/c15-14(16,17)21-12-3-1-2-9(6-12)13-5-4-11(20-13)7-10(18)8-19/h1-6,10,19H,7-8,18H2. The number of ether oxygens (including phenoxy) is 1. The average molecular weight is 301 g/mol. The quantitative estimate of drug-likeness (QED) is 0.891. The summed E-state index contributed by atoms with van der Waals surface area (Å²) < 4.78 is 45.9. The lowest BCUT2D eigenvalue weighted by Gasteiger charge is -2.09. The summed E-state index contributed by atoms with van der Waals surface area (Å²) in [6, 6.07) is 8.36. The number of nitrogens with two attached hydrogens (primary N) is 1. The van der Waals surface area contributed by atoms with Crippen molar-refractivity contribution in [2.45, 2.75) is 18.8 Å². The van der Waals surface area contributed by atoms with Crippen LogP contribution in [0.2, 0.25) is 0 Å². The van der Waals surface area contributed by atoms with E-state index in [1.54, 1.807) is 18.2 Å². The molecule has 1 atom stereocenters.